The first-order valence-electron chi connectivity index (χ1n) is 9.41. The summed E-state index contributed by atoms with van der Waals surface area (Å²) in [5.74, 6) is -0.207. The summed E-state index contributed by atoms with van der Waals surface area (Å²) in [4.78, 5) is 24.3. The second-order valence-corrected chi connectivity index (χ2v) is 6.30. The summed E-state index contributed by atoms with van der Waals surface area (Å²) in [7, 11) is 1.58. The normalized spacial score (nSPS) is 10.9. The SMILES string of the molecule is CCOC(=O)c1cn(CCn2c(C)c(C(=O)OCC)c3cc(OC)ccc32)nn1. The summed E-state index contributed by atoms with van der Waals surface area (Å²) < 4.78 is 19.1. The molecule has 0 fully saturated rings. The summed E-state index contributed by atoms with van der Waals surface area (Å²) in [5, 5.41) is 8.60. The summed E-state index contributed by atoms with van der Waals surface area (Å²) >= 11 is 0. The minimum absolute atomic E-state index is 0.165. The molecule has 2 aromatic heterocycles. The van der Waals surface area contributed by atoms with Gasteiger partial charge in [-0.25, -0.2) is 14.3 Å². The van der Waals surface area contributed by atoms with Crippen LogP contribution in [0, 0.1) is 6.92 Å². The van der Waals surface area contributed by atoms with Crippen LogP contribution in [0.5, 0.6) is 5.75 Å². The Kier molecular flexibility index (Phi) is 6.16. The van der Waals surface area contributed by atoms with Crippen LogP contribution in [0.3, 0.4) is 0 Å². The third-order valence-electron chi connectivity index (χ3n) is 4.59. The number of ether oxygens (including phenoxy) is 3. The van der Waals surface area contributed by atoms with E-state index < -0.39 is 5.97 Å². The Hall–Kier alpha value is -3.36. The minimum Gasteiger partial charge on any atom is -0.497 e. The van der Waals surface area contributed by atoms with E-state index in [-0.39, 0.29) is 18.3 Å². The number of carbonyl (C=O) groups is 2. The Bertz CT molecular complexity index is 1040. The van der Waals surface area contributed by atoms with Crippen molar-refractivity contribution >= 4 is 22.8 Å². The van der Waals surface area contributed by atoms with Gasteiger partial charge in [0.1, 0.15) is 5.75 Å². The van der Waals surface area contributed by atoms with Gasteiger partial charge < -0.3 is 18.8 Å². The zero-order valence-corrected chi connectivity index (χ0v) is 17.0. The third-order valence-corrected chi connectivity index (χ3v) is 4.59. The molecule has 9 nitrogen and oxygen atoms in total. The van der Waals surface area contributed by atoms with Gasteiger partial charge in [-0.2, -0.15) is 0 Å². The lowest BCUT2D eigenvalue weighted by Gasteiger charge is -2.09. The van der Waals surface area contributed by atoms with Crippen LogP contribution in [0.2, 0.25) is 0 Å². The molecule has 3 aromatic rings. The van der Waals surface area contributed by atoms with E-state index in [1.807, 2.05) is 29.7 Å². The van der Waals surface area contributed by atoms with E-state index in [9.17, 15) is 9.59 Å². The largest absolute Gasteiger partial charge is 0.497 e. The molecule has 0 saturated heterocycles. The van der Waals surface area contributed by atoms with E-state index >= 15 is 0 Å². The molecule has 0 aliphatic carbocycles. The molecule has 0 atom stereocenters. The Labute approximate surface area is 168 Å². The molecule has 1 aromatic carbocycles. The second-order valence-electron chi connectivity index (χ2n) is 6.30. The van der Waals surface area contributed by atoms with Gasteiger partial charge in [-0.3, -0.25) is 0 Å². The van der Waals surface area contributed by atoms with Crippen molar-refractivity contribution in [3.63, 3.8) is 0 Å². The van der Waals surface area contributed by atoms with Gasteiger partial charge in [0, 0.05) is 23.1 Å². The highest BCUT2D eigenvalue weighted by Gasteiger charge is 2.21. The monoisotopic (exact) mass is 400 g/mol. The van der Waals surface area contributed by atoms with Gasteiger partial charge in [-0.05, 0) is 39.0 Å². The predicted octanol–water partition coefficient (Wildman–Crippen LogP) is 2.60. The Balaban J connectivity index is 1.92. The van der Waals surface area contributed by atoms with Gasteiger partial charge in [0.25, 0.3) is 0 Å². The Morgan fingerprint density at radius 1 is 1.07 bits per heavy atom. The van der Waals surface area contributed by atoms with Crippen LogP contribution in [-0.4, -0.2) is 51.8 Å². The van der Waals surface area contributed by atoms with Crippen molar-refractivity contribution in [3.05, 3.63) is 41.3 Å². The van der Waals surface area contributed by atoms with Gasteiger partial charge >= 0.3 is 11.9 Å². The molecule has 0 unspecified atom stereocenters. The molecule has 0 saturated carbocycles. The summed E-state index contributed by atoms with van der Waals surface area (Å²) in [5.41, 5.74) is 2.36. The number of hydrogen-bond acceptors (Lipinski definition) is 7. The molecular weight excluding hydrogens is 376 g/mol. The lowest BCUT2D eigenvalue weighted by molar-refractivity contribution is 0.0513. The average molecular weight is 400 g/mol. The molecule has 0 aliphatic rings. The van der Waals surface area contributed by atoms with Gasteiger partial charge in [0.2, 0.25) is 0 Å². The fraction of sp³-hybridized carbons (Fsp3) is 0.400. The first-order valence-corrected chi connectivity index (χ1v) is 9.41. The highest BCUT2D eigenvalue weighted by molar-refractivity contribution is 6.06. The number of benzene rings is 1. The van der Waals surface area contributed by atoms with E-state index in [1.54, 1.807) is 31.8 Å². The number of esters is 2. The molecule has 0 amide bonds. The molecule has 0 aliphatic heterocycles. The fourth-order valence-corrected chi connectivity index (χ4v) is 3.25. The van der Waals surface area contributed by atoms with Crippen molar-refractivity contribution in [1.29, 1.82) is 0 Å². The lowest BCUT2D eigenvalue weighted by Crippen LogP contribution is -2.11. The van der Waals surface area contributed by atoms with E-state index in [2.05, 4.69) is 10.3 Å². The quantitative estimate of drug-likeness (QED) is 0.536. The summed E-state index contributed by atoms with van der Waals surface area (Å²) in [6, 6.07) is 5.59. The summed E-state index contributed by atoms with van der Waals surface area (Å²) in [6.07, 6.45) is 1.55. The number of hydrogen-bond donors (Lipinski definition) is 0. The van der Waals surface area contributed by atoms with E-state index in [0.717, 1.165) is 16.6 Å². The van der Waals surface area contributed by atoms with Crippen LogP contribution in [0.1, 0.15) is 40.4 Å². The fourth-order valence-electron chi connectivity index (χ4n) is 3.25. The van der Waals surface area contributed by atoms with Crippen LogP contribution in [0.15, 0.2) is 24.4 Å². The van der Waals surface area contributed by atoms with Crippen LogP contribution in [0.25, 0.3) is 10.9 Å². The predicted molar refractivity (Wildman–Crippen MR) is 105 cm³/mol. The first-order chi connectivity index (χ1) is 14.0. The number of aryl methyl sites for hydroxylation is 2. The first kappa shape index (κ1) is 20.4. The van der Waals surface area contributed by atoms with Crippen molar-refractivity contribution in [2.24, 2.45) is 0 Å². The zero-order valence-electron chi connectivity index (χ0n) is 17.0. The van der Waals surface area contributed by atoms with Crippen LogP contribution >= 0.6 is 0 Å². The van der Waals surface area contributed by atoms with E-state index in [0.29, 0.717) is 31.0 Å². The van der Waals surface area contributed by atoms with Gasteiger partial charge in [-0.1, -0.05) is 5.21 Å². The number of carbonyl (C=O) groups excluding carboxylic acids is 2. The maximum absolute atomic E-state index is 12.6. The molecule has 0 radical (unpaired) electrons. The Morgan fingerprint density at radius 3 is 2.48 bits per heavy atom. The van der Waals surface area contributed by atoms with Crippen LogP contribution in [-0.2, 0) is 22.6 Å². The Morgan fingerprint density at radius 2 is 1.79 bits per heavy atom. The van der Waals surface area contributed by atoms with Crippen molar-refractivity contribution in [2.75, 3.05) is 20.3 Å². The molecule has 9 heteroatoms. The van der Waals surface area contributed by atoms with E-state index in [1.165, 1.54) is 0 Å². The standard InChI is InChI=1S/C20H24N4O5/c1-5-28-19(25)16-12-23(22-21-16)9-10-24-13(3)18(20(26)29-6-2)15-11-14(27-4)7-8-17(15)24/h7-8,11-12H,5-6,9-10H2,1-4H3. The highest BCUT2D eigenvalue weighted by Crippen LogP contribution is 2.30. The van der Waals surface area contributed by atoms with Crippen molar-refractivity contribution in [1.82, 2.24) is 19.6 Å². The molecule has 3 rings (SSSR count). The lowest BCUT2D eigenvalue weighted by atomic mass is 10.1. The van der Waals surface area contributed by atoms with E-state index in [4.69, 9.17) is 14.2 Å². The van der Waals surface area contributed by atoms with Gasteiger partial charge in [0.15, 0.2) is 5.69 Å². The van der Waals surface area contributed by atoms with Gasteiger partial charge in [-0.15, -0.1) is 5.10 Å². The van der Waals surface area contributed by atoms with Crippen molar-refractivity contribution in [2.45, 2.75) is 33.9 Å². The van der Waals surface area contributed by atoms with Gasteiger partial charge in [0.05, 0.1) is 38.6 Å². The number of methoxy groups -OCH3 is 1. The number of aromatic nitrogens is 4. The minimum atomic E-state index is -0.502. The van der Waals surface area contributed by atoms with Crippen LogP contribution < -0.4 is 4.74 Å². The topological polar surface area (TPSA) is 97.5 Å². The third kappa shape index (κ3) is 4.08. The zero-order chi connectivity index (χ0) is 21.0. The number of nitrogens with zero attached hydrogens (tertiary/aromatic N) is 4. The number of fused-ring (bicyclic) bond motifs is 1. The smallest absolute Gasteiger partial charge is 0.360 e. The second kappa shape index (κ2) is 8.76. The van der Waals surface area contributed by atoms with Crippen molar-refractivity contribution in [3.8, 4) is 5.75 Å². The number of rotatable bonds is 8. The van der Waals surface area contributed by atoms with Crippen molar-refractivity contribution < 1.29 is 23.8 Å². The average Bonchev–Trinajstić information content (AvgIpc) is 3.28. The molecule has 2 heterocycles. The molecule has 0 N–H and O–H groups in total. The molecule has 154 valence electrons. The maximum Gasteiger partial charge on any atom is 0.360 e. The summed E-state index contributed by atoms with van der Waals surface area (Å²) in [6.45, 7) is 6.96. The van der Waals surface area contributed by atoms with Crippen LogP contribution in [0.4, 0.5) is 0 Å². The molecular formula is C20H24N4O5. The maximum atomic E-state index is 12.6. The molecule has 29 heavy (non-hydrogen) atoms. The highest BCUT2D eigenvalue weighted by atomic mass is 16.5. The molecule has 0 spiro atoms. The molecule has 0 bridgehead atoms.